The summed E-state index contributed by atoms with van der Waals surface area (Å²) in [5, 5.41) is 3.56. The minimum absolute atomic E-state index is 0.0124. The molecule has 0 bridgehead atoms. The van der Waals surface area contributed by atoms with Crippen molar-refractivity contribution in [3.8, 4) is 0 Å². The van der Waals surface area contributed by atoms with Gasteiger partial charge in [0, 0.05) is 27.5 Å². The molecule has 3 aliphatic rings. The molecule has 0 aromatic rings. The number of esters is 1. The number of likely N-dealkylation sites (tertiary alicyclic amines) is 1. The fourth-order valence-corrected chi connectivity index (χ4v) is 5.87. The van der Waals surface area contributed by atoms with Crippen LogP contribution in [0.15, 0.2) is 38.5 Å². The highest BCUT2D eigenvalue weighted by Crippen LogP contribution is 2.44. The van der Waals surface area contributed by atoms with Crippen molar-refractivity contribution in [3.63, 3.8) is 0 Å². The van der Waals surface area contributed by atoms with Crippen molar-refractivity contribution in [1.29, 1.82) is 0 Å². The summed E-state index contributed by atoms with van der Waals surface area (Å²) in [4.78, 5) is 21.4. The Morgan fingerprint density at radius 2 is 2.19 bits per heavy atom. The number of carbonyl (C=O) groups is 1. The fraction of sp³-hybridized carbons (Fsp3) is 0.680. The van der Waals surface area contributed by atoms with Crippen molar-refractivity contribution in [2.75, 3.05) is 26.2 Å². The second-order valence-electron chi connectivity index (χ2n) is 9.59. The molecule has 6 nitrogen and oxygen atoms in total. The number of thioether (sulfide) groups is 1. The number of carbonyl (C=O) groups excluding carboxylic acids is 1. The summed E-state index contributed by atoms with van der Waals surface area (Å²) in [6.07, 6.45) is 12.5. The minimum atomic E-state index is -0.0497. The van der Waals surface area contributed by atoms with E-state index < -0.39 is 0 Å². The van der Waals surface area contributed by atoms with Crippen LogP contribution < -0.4 is 11.1 Å². The summed E-state index contributed by atoms with van der Waals surface area (Å²) < 4.78 is 5.15. The molecule has 0 spiro atoms. The van der Waals surface area contributed by atoms with Crippen LogP contribution >= 0.6 is 11.8 Å². The average Bonchev–Trinajstić information content (AvgIpc) is 2.78. The van der Waals surface area contributed by atoms with Crippen molar-refractivity contribution >= 4 is 24.1 Å². The number of aliphatic imine (C=N–C) groups is 1. The standard InChI is InChI=1S/C25H40N4O2S/c1-5-21-23(27-17-26)28-20-15-25(4,12-9-22(20)32-21)16-29-13-10-19(11-14-29)8-7-18(3)24(30)31-6-2/h9,12,17-19,28H,5-8,10-11,13-16H2,1-4H3,(H2,26,27). The molecule has 2 atom stereocenters. The summed E-state index contributed by atoms with van der Waals surface area (Å²) in [5.41, 5.74) is 6.94. The zero-order chi connectivity index (χ0) is 23.1. The first-order valence-electron chi connectivity index (χ1n) is 12.1. The highest BCUT2D eigenvalue weighted by atomic mass is 32.2. The molecule has 2 aliphatic heterocycles. The van der Waals surface area contributed by atoms with Gasteiger partial charge in [0.2, 0.25) is 0 Å². The van der Waals surface area contributed by atoms with E-state index in [2.05, 4.69) is 41.2 Å². The molecule has 1 aliphatic carbocycles. The molecule has 32 heavy (non-hydrogen) atoms. The van der Waals surface area contributed by atoms with Gasteiger partial charge in [-0.2, -0.15) is 0 Å². The number of piperidine rings is 1. The molecule has 0 amide bonds. The maximum absolute atomic E-state index is 11.9. The van der Waals surface area contributed by atoms with E-state index in [9.17, 15) is 4.79 Å². The van der Waals surface area contributed by atoms with Gasteiger partial charge in [-0.3, -0.25) is 4.79 Å². The maximum atomic E-state index is 11.9. The van der Waals surface area contributed by atoms with Crippen LogP contribution in [0.3, 0.4) is 0 Å². The molecule has 0 aromatic heterocycles. The Morgan fingerprint density at radius 1 is 1.44 bits per heavy atom. The molecule has 1 fully saturated rings. The van der Waals surface area contributed by atoms with Crippen molar-refractivity contribution in [2.24, 2.45) is 28.0 Å². The molecule has 178 valence electrons. The van der Waals surface area contributed by atoms with E-state index in [-0.39, 0.29) is 17.3 Å². The van der Waals surface area contributed by atoms with Gasteiger partial charge in [-0.05, 0) is 70.5 Å². The predicted molar refractivity (Wildman–Crippen MR) is 134 cm³/mol. The molecule has 2 unspecified atom stereocenters. The van der Waals surface area contributed by atoms with Crippen LogP contribution in [0.2, 0.25) is 0 Å². The third-order valence-corrected chi connectivity index (χ3v) is 8.13. The van der Waals surface area contributed by atoms with Crippen molar-refractivity contribution in [2.45, 2.75) is 66.2 Å². The van der Waals surface area contributed by atoms with Gasteiger partial charge < -0.3 is 20.7 Å². The van der Waals surface area contributed by atoms with Gasteiger partial charge in [-0.15, -0.1) is 0 Å². The van der Waals surface area contributed by atoms with E-state index in [1.165, 1.54) is 34.7 Å². The highest BCUT2D eigenvalue weighted by molar-refractivity contribution is 8.07. The first kappa shape index (κ1) is 24.9. The van der Waals surface area contributed by atoms with E-state index in [1.54, 1.807) is 0 Å². The van der Waals surface area contributed by atoms with Gasteiger partial charge in [0.05, 0.1) is 18.9 Å². The fourth-order valence-electron chi connectivity index (χ4n) is 4.88. The van der Waals surface area contributed by atoms with Crippen LogP contribution in [0.4, 0.5) is 0 Å². The first-order valence-corrected chi connectivity index (χ1v) is 12.9. The first-order chi connectivity index (χ1) is 15.4. The van der Waals surface area contributed by atoms with Gasteiger partial charge in [-0.25, -0.2) is 4.99 Å². The zero-order valence-electron chi connectivity index (χ0n) is 20.2. The van der Waals surface area contributed by atoms with Gasteiger partial charge in [0.25, 0.3) is 0 Å². The summed E-state index contributed by atoms with van der Waals surface area (Å²) in [7, 11) is 0. The summed E-state index contributed by atoms with van der Waals surface area (Å²) in [6.45, 7) is 12.2. The van der Waals surface area contributed by atoms with Gasteiger partial charge in [0.1, 0.15) is 5.82 Å². The van der Waals surface area contributed by atoms with E-state index in [1.807, 2.05) is 25.6 Å². The van der Waals surface area contributed by atoms with Gasteiger partial charge in [0.15, 0.2) is 0 Å². The number of nitrogens with two attached hydrogens (primary N) is 1. The van der Waals surface area contributed by atoms with Crippen LogP contribution in [-0.2, 0) is 9.53 Å². The smallest absolute Gasteiger partial charge is 0.308 e. The summed E-state index contributed by atoms with van der Waals surface area (Å²) >= 11 is 1.82. The quantitative estimate of drug-likeness (QED) is 0.293. The molecular weight excluding hydrogens is 420 g/mol. The average molecular weight is 461 g/mol. The topological polar surface area (TPSA) is 80.0 Å². The number of hydrogen-bond acceptors (Lipinski definition) is 6. The Labute approximate surface area is 197 Å². The lowest BCUT2D eigenvalue weighted by atomic mass is 9.80. The monoisotopic (exact) mass is 460 g/mol. The molecule has 3 N–H and O–H groups in total. The molecular formula is C25H40N4O2S. The number of hydrogen-bond donors (Lipinski definition) is 2. The molecule has 0 saturated carbocycles. The number of allylic oxidation sites excluding steroid dienone is 3. The maximum Gasteiger partial charge on any atom is 0.308 e. The highest BCUT2D eigenvalue weighted by Gasteiger charge is 2.33. The van der Waals surface area contributed by atoms with Crippen LogP contribution in [0, 0.1) is 17.3 Å². The van der Waals surface area contributed by atoms with E-state index in [0.29, 0.717) is 6.61 Å². The third kappa shape index (κ3) is 6.41. The summed E-state index contributed by atoms with van der Waals surface area (Å²) in [5.74, 6) is 1.58. The van der Waals surface area contributed by atoms with E-state index >= 15 is 0 Å². The molecule has 1 saturated heterocycles. The number of nitrogens with one attached hydrogen (secondary N) is 1. The Hall–Kier alpha value is -1.73. The molecule has 7 heteroatoms. The van der Waals surface area contributed by atoms with Gasteiger partial charge >= 0.3 is 5.97 Å². The predicted octanol–water partition coefficient (Wildman–Crippen LogP) is 4.76. The molecule has 0 radical (unpaired) electrons. The van der Waals surface area contributed by atoms with Crippen molar-refractivity contribution < 1.29 is 9.53 Å². The number of ether oxygens (including phenoxy) is 1. The SMILES string of the molecule is CCOC(=O)C(C)CCC1CCN(CC2(C)C=CC3=C(C2)NC(/N=C\N)=C(CC)S3)CC1. The van der Waals surface area contributed by atoms with Crippen LogP contribution in [0.1, 0.15) is 66.2 Å². The minimum Gasteiger partial charge on any atom is -0.466 e. The van der Waals surface area contributed by atoms with E-state index in [0.717, 1.165) is 57.1 Å². The van der Waals surface area contributed by atoms with Crippen molar-refractivity contribution in [1.82, 2.24) is 10.2 Å². The van der Waals surface area contributed by atoms with Crippen LogP contribution in [-0.4, -0.2) is 43.4 Å². The number of nitrogens with zero attached hydrogens (tertiary/aromatic N) is 2. The molecule has 2 heterocycles. The second-order valence-corrected chi connectivity index (χ2v) is 10.7. The van der Waals surface area contributed by atoms with Gasteiger partial charge in [-0.1, -0.05) is 38.6 Å². The Balaban J connectivity index is 1.47. The lowest BCUT2D eigenvalue weighted by molar-refractivity contribution is -0.147. The normalized spacial score (nSPS) is 25.8. The van der Waals surface area contributed by atoms with Crippen LogP contribution in [0.25, 0.3) is 0 Å². The Morgan fingerprint density at radius 3 is 2.84 bits per heavy atom. The summed E-state index contributed by atoms with van der Waals surface area (Å²) in [6, 6.07) is 0. The lowest BCUT2D eigenvalue weighted by Crippen LogP contribution is -2.42. The molecule has 3 rings (SSSR count). The molecule has 0 aromatic carbocycles. The third-order valence-electron chi connectivity index (χ3n) is 6.80. The van der Waals surface area contributed by atoms with E-state index in [4.69, 9.17) is 10.5 Å². The zero-order valence-corrected chi connectivity index (χ0v) is 21.0. The second kappa shape index (κ2) is 11.4. The van der Waals surface area contributed by atoms with Crippen molar-refractivity contribution in [3.05, 3.63) is 33.5 Å². The van der Waals surface area contributed by atoms with Crippen LogP contribution in [0.5, 0.6) is 0 Å². The Bertz CT molecular complexity index is 796. The Kier molecular flexibility index (Phi) is 8.88. The number of rotatable bonds is 9. The lowest BCUT2D eigenvalue weighted by Gasteiger charge is -2.40. The largest absolute Gasteiger partial charge is 0.466 e.